The maximum Gasteiger partial charge on any atom is 0.409 e. The van der Waals surface area contributed by atoms with E-state index < -0.39 is 22.2 Å². The number of hydrogen-bond acceptors (Lipinski definition) is 7. The maximum atomic E-state index is 14.1. The number of amides is 1. The van der Waals surface area contributed by atoms with Crippen LogP contribution in [0, 0.1) is 12.8 Å². The third kappa shape index (κ3) is 4.87. The van der Waals surface area contributed by atoms with Gasteiger partial charge < -0.3 is 19.9 Å². The highest BCUT2D eigenvalue weighted by atomic mass is 32.2. The third-order valence-corrected chi connectivity index (χ3v) is 12.2. The molecule has 7 heterocycles. The van der Waals surface area contributed by atoms with Crippen LogP contribution in [0.1, 0.15) is 61.0 Å². The first-order valence-corrected chi connectivity index (χ1v) is 17.7. The standard InChI is InChI=1S/C32H36F3N7O4S/c1-17-29(37-27-13-20(14-28(46-2)40(17)27)31(43)41-21-8-9-23(41)22(36)15-21)24-12-19-7-10-26(38-30(19)39(24)16-18-5-6-18)42-25(32(33,34)35)4-3-11-47(42,44)45/h7,10,12-14,18,21-23,25H,3-6,8-9,11,15-16,36H2,1-2H3/t21-,22+,23+,25+/m0/s1. The monoisotopic (exact) mass is 671 g/mol. The number of nitrogens with zero attached hydrogens (tertiary/aromatic N) is 6. The number of aromatic nitrogens is 4. The molecular formula is C32H36F3N7O4S. The zero-order valence-electron chi connectivity index (χ0n) is 26.1. The van der Waals surface area contributed by atoms with E-state index in [-0.39, 0.29) is 48.4 Å². The number of rotatable bonds is 6. The van der Waals surface area contributed by atoms with Gasteiger partial charge in [-0.2, -0.15) is 13.2 Å². The third-order valence-electron chi connectivity index (χ3n) is 10.4. The second-order valence-corrected chi connectivity index (χ2v) is 15.4. The zero-order chi connectivity index (χ0) is 33.0. The van der Waals surface area contributed by atoms with Crippen molar-refractivity contribution in [2.75, 3.05) is 17.2 Å². The number of aryl methyl sites for hydroxylation is 1. The molecule has 8 rings (SSSR count). The summed E-state index contributed by atoms with van der Waals surface area (Å²) in [7, 11) is -2.69. The van der Waals surface area contributed by atoms with Gasteiger partial charge in [0.2, 0.25) is 10.0 Å². The van der Waals surface area contributed by atoms with E-state index in [0.29, 0.717) is 56.3 Å². The van der Waals surface area contributed by atoms with Gasteiger partial charge in [0.1, 0.15) is 28.8 Å². The molecule has 1 aliphatic carbocycles. The lowest BCUT2D eigenvalue weighted by atomic mass is 9.97. The summed E-state index contributed by atoms with van der Waals surface area (Å²) in [5.74, 6) is 0.0874. The molecule has 4 fully saturated rings. The van der Waals surface area contributed by atoms with Crippen molar-refractivity contribution in [3.05, 3.63) is 41.6 Å². The highest BCUT2D eigenvalue weighted by Crippen LogP contribution is 2.41. The molecule has 2 N–H and O–H groups in total. The summed E-state index contributed by atoms with van der Waals surface area (Å²) in [6, 6.07) is 6.29. The van der Waals surface area contributed by atoms with Gasteiger partial charge in [0, 0.05) is 41.7 Å². The average Bonchev–Trinajstić information content (AvgIpc) is 3.34. The van der Waals surface area contributed by atoms with Crippen molar-refractivity contribution >= 4 is 38.4 Å². The van der Waals surface area contributed by atoms with E-state index in [2.05, 4.69) is 4.98 Å². The van der Waals surface area contributed by atoms with Crippen LogP contribution in [0.4, 0.5) is 19.0 Å². The van der Waals surface area contributed by atoms with Gasteiger partial charge in [-0.05, 0) is 82.1 Å². The predicted octanol–water partition coefficient (Wildman–Crippen LogP) is 4.64. The molecule has 0 aromatic carbocycles. The molecule has 0 radical (unpaired) electrons. The van der Waals surface area contributed by atoms with Crippen molar-refractivity contribution in [2.45, 2.75) is 88.8 Å². The molecule has 0 unspecified atom stereocenters. The number of pyridine rings is 2. The Hall–Kier alpha value is -3.85. The van der Waals surface area contributed by atoms with Gasteiger partial charge >= 0.3 is 6.18 Å². The number of carbonyl (C=O) groups is 1. The topological polar surface area (TPSA) is 128 Å². The maximum absolute atomic E-state index is 14.1. The molecule has 3 aliphatic heterocycles. The minimum Gasteiger partial charge on any atom is -0.482 e. The molecule has 4 aromatic rings. The van der Waals surface area contributed by atoms with Gasteiger partial charge in [-0.15, -0.1) is 0 Å². The Bertz CT molecular complexity index is 2040. The fraction of sp³-hybridized carbons (Fsp3) is 0.531. The van der Waals surface area contributed by atoms with Crippen LogP contribution in [-0.4, -0.2) is 81.4 Å². The quantitative estimate of drug-likeness (QED) is 0.316. The first-order valence-electron chi connectivity index (χ1n) is 16.1. The minimum absolute atomic E-state index is 0.0219. The molecule has 4 aromatic heterocycles. The van der Waals surface area contributed by atoms with Crippen molar-refractivity contribution in [2.24, 2.45) is 11.7 Å². The van der Waals surface area contributed by atoms with Gasteiger partial charge in [0.25, 0.3) is 5.91 Å². The molecule has 47 heavy (non-hydrogen) atoms. The van der Waals surface area contributed by atoms with E-state index in [9.17, 15) is 26.4 Å². The van der Waals surface area contributed by atoms with Crippen molar-refractivity contribution in [1.29, 1.82) is 0 Å². The van der Waals surface area contributed by atoms with Crippen LogP contribution >= 0.6 is 0 Å². The van der Waals surface area contributed by atoms with Crippen LogP contribution in [0.25, 0.3) is 28.1 Å². The summed E-state index contributed by atoms with van der Waals surface area (Å²) >= 11 is 0. The lowest BCUT2D eigenvalue weighted by molar-refractivity contribution is -0.148. The van der Waals surface area contributed by atoms with E-state index in [1.165, 1.54) is 13.2 Å². The average molecular weight is 672 g/mol. The van der Waals surface area contributed by atoms with E-state index in [1.807, 2.05) is 26.9 Å². The summed E-state index contributed by atoms with van der Waals surface area (Å²) in [6.07, 6.45) is -0.492. The Morgan fingerprint density at radius 1 is 1.09 bits per heavy atom. The summed E-state index contributed by atoms with van der Waals surface area (Å²) in [6.45, 7) is 2.45. The summed E-state index contributed by atoms with van der Waals surface area (Å²) < 4.78 is 78.2. The lowest BCUT2D eigenvalue weighted by Gasteiger charge is -2.36. The molecule has 15 heteroatoms. The highest BCUT2D eigenvalue weighted by molar-refractivity contribution is 7.92. The predicted molar refractivity (Wildman–Crippen MR) is 169 cm³/mol. The number of anilines is 1. The van der Waals surface area contributed by atoms with E-state index >= 15 is 0 Å². The number of halogens is 3. The fourth-order valence-electron chi connectivity index (χ4n) is 7.94. The summed E-state index contributed by atoms with van der Waals surface area (Å²) in [4.78, 5) is 25.3. The first-order chi connectivity index (χ1) is 22.4. The summed E-state index contributed by atoms with van der Waals surface area (Å²) in [5.41, 5.74) is 9.73. The number of hydrogen-bond donors (Lipinski definition) is 1. The molecule has 1 saturated carbocycles. The Morgan fingerprint density at radius 3 is 2.53 bits per heavy atom. The molecule has 11 nitrogen and oxygen atoms in total. The van der Waals surface area contributed by atoms with Gasteiger partial charge in [-0.3, -0.25) is 9.20 Å². The fourth-order valence-corrected chi connectivity index (χ4v) is 9.67. The Morgan fingerprint density at radius 2 is 1.87 bits per heavy atom. The van der Waals surface area contributed by atoms with Gasteiger partial charge in [-0.25, -0.2) is 22.7 Å². The lowest BCUT2D eigenvalue weighted by Crippen LogP contribution is -2.53. The number of imidazole rings is 1. The second-order valence-electron chi connectivity index (χ2n) is 13.4. The van der Waals surface area contributed by atoms with Gasteiger partial charge in [0.15, 0.2) is 5.88 Å². The molecule has 250 valence electrons. The molecule has 0 spiro atoms. The van der Waals surface area contributed by atoms with Crippen molar-refractivity contribution in [3.63, 3.8) is 0 Å². The Labute approximate surface area is 269 Å². The molecule has 4 atom stereocenters. The van der Waals surface area contributed by atoms with Crippen molar-refractivity contribution < 1.29 is 31.1 Å². The Kier molecular flexibility index (Phi) is 6.86. The van der Waals surface area contributed by atoms with E-state index in [4.69, 9.17) is 15.5 Å². The number of methoxy groups -OCH3 is 1. The van der Waals surface area contributed by atoms with Crippen LogP contribution < -0.4 is 14.8 Å². The number of ether oxygens (including phenoxy) is 1. The van der Waals surface area contributed by atoms with Crippen molar-refractivity contribution in [3.8, 4) is 17.3 Å². The number of alkyl halides is 3. The van der Waals surface area contributed by atoms with Crippen LogP contribution in [0.5, 0.6) is 5.88 Å². The van der Waals surface area contributed by atoms with Crippen molar-refractivity contribution in [1.82, 2.24) is 23.8 Å². The van der Waals surface area contributed by atoms with E-state index in [1.54, 1.807) is 18.2 Å². The summed E-state index contributed by atoms with van der Waals surface area (Å²) in [5, 5.41) is 0.655. The van der Waals surface area contributed by atoms with E-state index in [0.717, 1.165) is 37.8 Å². The normalized spacial score (nSPS) is 25.7. The molecular weight excluding hydrogens is 635 g/mol. The second kappa shape index (κ2) is 10.6. The number of fused-ring (bicyclic) bond motifs is 4. The minimum atomic E-state index is -4.74. The first kappa shape index (κ1) is 30.5. The van der Waals surface area contributed by atoms with Gasteiger partial charge in [0.05, 0.1) is 24.3 Å². The largest absolute Gasteiger partial charge is 0.482 e. The Balaban J connectivity index is 1.25. The van der Waals surface area contributed by atoms with Gasteiger partial charge in [-0.1, -0.05) is 0 Å². The highest BCUT2D eigenvalue weighted by Gasteiger charge is 2.51. The van der Waals surface area contributed by atoms with Crippen LogP contribution in [0.15, 0.2) is 30.3 Å². The smallest absolute Gasteiger partial charge is 0.409 e. The van der Waals surface area contributed by atoms with Crippen LogP contribution in [-0.2, 0) is 16.6 Å². The number of nitrogens with two attached hydrogens (primary N) is 1. The molecule has 1 amide bonds. The van der Waals surface area contributed by atoms with Crippen LogP contribution in [0.2, 0.25) is 0 Å². The number of carbonyl (C=O) groups excluding carboxylic acids is 1. The van der Waals surface area contributed by atoms with Crippen LogP contribution in [0.3, 0.4) is 0 Å². The number of sulfonamides is 1. The molecule has 4 aliphatic rings. The molecule has 2 bridgehead atoms. The molecule has 3 saturated heterocycles. The SMILES string of the molecule is COc1cc(C(=O)N2[C@H]3CC[C@@H]2[C@H](N)C3)cc2nc(-c3cc4ccc(N5[C@@H](C(F)(F)F)CCCS5(=O)=O)nc4n3CC3CC3)c(C)n12. The zero-order valence-corrected chi connectivity index (χ0v) is 26.9.